The largest absolute Gasteiger partial charge is 0.349 e. The van der Waals surface area contributed by atoms with Crippen LogP contribution in [0.5, 0.6) is 0 Å². The smallest absolute Gasteiger partial charge is 0.0559 e. The minimum Gasteiger partial charge on any atom is -0.349 e. The van der Waals surface area contributed by atoms with Gasteiger partial charge < -0.3 is 9.13 Å². The fraction of sp³-hybridized carbons (Fsp3) is 0.273. The summed E-state index contributed by atoms with van der Waals surface area (Å²) in [6.07, 6.45) is 9.86. The number of hydrogen-bond donors (Lipinski definition) is 0. The van der Waals surface area contributed by atoms with Gasteiger partial charge in [-0.15, -0.1) is 0 Å². The van der Waals surface area contributed by atoms with Crippen LogP contribution >= 0.6 is 0 Å². The molecular weight excluding hydrogens is 160 g/mol. The Morgan fingerprint density at radius 1 is 0.692 bits per heavy atom. The molecule has 3 rings (SSSR count). The first-order valence-corrected chi connectivity index (χ1v) is 4.70. The first kappa shape index (κ1) is 7.01. The lowest BCUT2D eigenvalue weighted by Crippen LogP contribution is -1.96. The number of nitrogens with zero attached hydrogens (tertiary/aromatic N) is 2. The zero-order chi connectivity index (χ0) is 8.67. The van der Waals surface area contributed by atoms with Gasteiger partial charge in [0.1, 0.15) is 0 Å². The van der Waals surface area contributed by atoms with Crippen molar-refractivity contribution >= 4 is 0 Å². The molecule has 0 aliphatic heterocycles. The van der Waals surface area contributed by atoms with E-state index in [1.54, 1.807) is 0 Å². The molecule has 0 amide bonds. The van der Waals surface area contributed by atoms with E-state index in [2.05, 4.69) is 58.2 Å². The van der Waals surface area contributed by atoms with E-state index in [9.17, 15) is 0 Å². The van der Waals surface area contributed by atoms with Crippen molar-refractivity contribution < 1.29 is 0 Å². The van der Waals surface area contributed by atoms with Crippen LogP contribution in [0.2, 0.25) is 0 Å². The minimum atomic E-state index is 0.683. The fourth-order valence-electron chi connectivity index (χ4n) is 1.95. The minimum absolute atomic E-state index is 0.683. The number of rotatable bonds is 2. The van der Waals surface area contributed by atoms with Crippen molar-refractivity contribution in [3.8, 4) is 0 Å². The lowest BCUT2D eigenvalue weighted by atomic mass is 10.6. The van der Waals surface area contributed by atoms with Crippen LogP contribution in [0.1, 0.15) is 18.5 Å². The second-order valence-electron chi connectivity index (χ2n) is 3.63. The highest BCUT2D eigenvalue weighted by molar-refractivity contribution is 5.06. The van der Waals surface area contributed by atoms with Crippen LogP contribution in [0.15, 0.2) is 49.1 Å². The van der Waals surface area contributed by atoms with Gasteiger partial charge in [0.2, 0.25) is 0 Å². The summed E-state index contributed by atoms with van der Waals surface area (Å²) in [5.74, 6) is 0. The lowest BCUT2D eigenvalue weighted by Gasteiger charge is -2.02. The van der Waals surface area contributed by atoms with Gasteiger partial charge in [0.25, 0.3) is 0 Å². The molecule has 2 nitrogen and oxygen atoms in total. The van der Waals surface area contributed by atoms with Gasteiger partial charge in [0.05, 0.1) is 12.1 Å². The van der Waals surface area contributed by atoms with E-state index in [1.807, 2.05) is 0 Å². The van der Waals surface area contributed by atoms with Gasteiger partial charge in [0.15, 0.2) is 0 Å². The third-order valence-electron chi connectivity index (χ3n) is 2.74. The van der Waals surface area contributed by atoms with E-state index in [1.165, 1.54) is 6.42 Å². The molecule has 0 radical (unpaired) electrons. The quantitative estimate of drug-likeness (QED) is 0.658. The molecule has 0 aromatic carbocycles. The Bertz CT molecular complexity index is 334. The third-order valence-corrected chi connectivity index (χ3v) is 2.74. The SMILES string of the molecule is c1ccn(C2CC2n2cccc2)c1. The zero-order valence-electron chi connectivity index (χ0n) is 7.38. The highest BCUT2D eigenvalue weighted by atomic mass is 15.1. The summed E-state index contributed by atoms with van der Waals surface area (Å²) in [4.78, 5) is 0. The average molecular weight is 172 g/mol. The molecular formula is C11H12N2. The lowest BCUT2D eigenvalue weighted by molar-refractivity contribution is 0.629. The summed E-state index contributed by atoms with van der Waals surface area (Å²) < 4.78 is 4.59. The van der Waals surface area contributed by atoms with E-state index in [0.717, 1.165) is 0 Å². The molecule has 2 heteroatoms. The van der Waals surface area contributed by atoms with Gasteiger partial charge in [-0.25, -0.2) is 0 Å². The first-order valence-electron chi connectivity index (χ1n) is 4.70. The van der Waals surface area contributed by atoms with Gasteiger partial charge in [0, 0.05) is 24.8 Å². The standard InChI is InChI=1S/C11H12N2/c1-2-6-12(5-1)10-9-11(10)13-7-3-4-8-13/h1-8,10-11H,9H2. The van der Waals surface area contributed by atoms with Gasteiger partial charge in [-0.3, -0.25) is 0 Å². The van der Waals surface area contributed by atoms with E-state index in [4.69, 9.17) is 0 Å². The van der Waals surface area contributed by atoms with E-state index in [-0.39, 0.29) is 0 Å². The second kappa shape index (κ2) is 2.52. The Balaban J connectivity index is 1.81. The third kappa shape index (κ3) is 1.10. The molecule has 0 N–H and O–H groups in total. The Hall–Kier alpha value is -1.44. The van der Waals surface area contributed by atoms with Crippen LogP contribution in [0, 0.1) is 0 Å². The molecule has 1 saturated carbocycles. The van der Waals surface area contributed by atoms with Gasteiger partial charge in [-0.2, -0.15) is 0 Å². The monoisotopic (exact) mass is 172 g/mol. The van der Waals surface area contributed by atoms with E-state index in [0.29, 0.717) is 12.1 Å². The Labute approximate surface area is 77.4 Å². The van der Waals surface area contributed by atoms with Crippen LogP contribution in [0.25, 0.3) is 0 Å². The maximum Gasteiger partial charge on any atom is 0.0559 e. The zero-order valence-corrected chi connectivity index (χ0v) is 7.38. The highest BCUT2D eigenvalue weighted by Gasteiger charge is 2.39. The number of hydrogen-bond acceptors (Lipinski definition) is 0. The molecule has 2 atom stereocenters. The molecule has 2 unspecified atom stereocenters. The van der Waals surface area contributed by atoms with Gasteiger partial charge >= 0.3 is 0 Å². The summed E-state index contributed by atoms with van der Waals surface area (Å²) in [5, 5.41) is 0. The number of aromatic nitrogens is 2. The molecule has 1 aliphatic carbocycles. The summed E-state index contributed by atoms with van der Waals surface area (Å²) in [5.41, 5.74) is 0. The first-order chi connectivity index (χ1) is 6.45. The predicted octanol–water partition coefficient (Wildman–Crippen LogP) is 2.48. The summed E-state index contributed by atoms with van der Waals surface area (Å²) in [7, 11) is 0. The maximum atomic E-state index is 2.30. The van der Waals surface area contributed by atoms with Crippen LogP contribution in [0.3, 0.4) is 0 Å². The molecule has 13 heavy (non-hydrogen) atoms. The van der Waals surface area contributed by atoms with Crippen molar-refractivity contribution in [2.75, 3.05) is 0 Å². The Morgan fingerprint density at radius 3 is 1.46 bits per heavy atom. The molecule has 1 aliphatic rings. The normalized spacial score (nSPS) is 26.2. The summed E-state index contributed by atoms with van der Waals surface area (Å²) in [6.45, 7) is 0. The van der Waals surface area contributed by atoms with Crippen LogP contribution in [-0.2, 0) is 0 Å². The van der Waals surface area contributed by atoms with Crippen LogP contribution < -0.4 is 0 Å². The van der Waals surface area contributed by atoms with Crippen molar-refractivity contribution in [2.24, 2.45) is 0 Å². The topological polar surface area (TPSA) is 9.86 Å². The van der Waals surface area contributed by atoms with Crippen molar-refractivity contribution in [2.45, 2.75) is 18.5 Å². The van der Waals surface area contributed by atoms with Crippen LogP contribution in [-0.4, -0.2) is 9.13 Å². The maximum absolute atomic E-state index is 2.30. The Kier molecular flexibility index (Phi) is 1.36. The molecule has 1 fully saturated rings. The highest BCUT2D eigenvalue weighted by Crippen LogP contribution is 2.47. The van der Waals surface area contributed by atoms with Crippen LogP contribution in [0.4, 0.5) is 0 Å². The summed E-state index contributed by atoms with van der Waals surface area (Å²) >= 11 is 0. The van der Waals surface area contributed by atoms with Crippen molar-refractivity contribution in [1.29, 1.82) is 0 Å². The molecule has 0 saturated heterocycles. The average Bonchev–Trinajstić information content (AvgIpc) is 2.67. The Morgan fingerprint density at radius 2 is 1.08 bits per heavy atom. The molecule has 2 aromatic rings. The summed E-state index contributed by atoms with van der Waals surface area (Å²) in [6, 6.07) is 9.72. The van der Waals surface area contributed by atoms with Gasteiger partial charge in [-0.1, -0.05) is 0 Å². The second-order valence-corrected chi connectivity index (χ2v) is 3.63. The predicted molar refractivity (Wildman–Crippen MR) is 51.6 cm³/mol. The van der Waals surface area contributed by atoms with E-state index >= 15 is 0 Å². The molecule has 2 heterocycles. The van der Waals surface area contributed by atoms with Crippen molar-refractivity contribution in [3.05, 3.63) is 49.1 Å². The van der Waals surface area contributed by atoms with Gasteiger partial charge in [-0.05, 0) is 30.7 Å². The van der Waals surface area contributed by atoms with E-state index < -0.39 is 0 Å². The molecule has 0 bridgehead atoms. The molecule has 0 spiro atoms. The van der Waals surface area contributed by atoms with Crippen molar-refractivity contribution in [3.63, 3.8) is 0 Å². The molecule has 66 valence electrons. The molecule has 2 aromatic heterocycles. The van der Waals surface area contributed by atoms with Crippen molar-refractivity contribution in [1.82, 2.24) is 9.13 Å². The fourth-order valence-corrected chi connectivity index (χ4v) is 1.95.